The summed E-state index contributed by atoms with van der Waals surface area (Å²) >= 11 is 0. The van der Waals surface area contributed by atoms with Gasteiger partial charge < -0.3 is 20.4 Å². The van der Waals surface area contributed by atoms with E-state index in [0.29, 0.717) is 25.7 Å². The molecule has 3 N–H and O–H groups in total. The summed E-state index contributed by atoms with van der Waals surface area (Å²) in [5.41, 5.74) is 7.18. The van der Waals surface area contributed by atoms with Crippen LogP contribution in [0.5, 0.6) is 5.75 Å². The van der Waals surface area contributed by atoms with Gasteiger partial charge in [-0.2, -0.15) is 0 Å². The monoisotopic (exact) mass is 340 g/mol. The van der Waals surface area contributed by atoms with Gasteiger partial charge in [-0.1, -0.05) is 24.3 Å². The van der Waals surface area contributed by atoms with Crippen LogP contribution in [-0.2, 0) is 6.54 Å². The summed E-state index contributed by atoms with van der Waals surface area (Å²) in [5.74, 6) is 1.37. The largest absolute Gasteiger partial charge is 0.493 e. The van der Waals surface area contributed by atoms with Crippen LogP contribution in [0.3, 0.4) is 0 Å². The first-order valence-electron chi connectivity index (χ1n) is 8.68. The van der Waals surface area contributed by atoms with Crippen molar-refractivity contribution in [3.8, 4) is 5.75 Å². The van der Waals surface area contributed by atoms with Crippen molar-refractivity contribution in [3.05, 3.63) is 64.6 Å². The Balaban J connectivity index is 1.45. The number of unbranched alkanes of at least 4 members (excludes halogenated alkanes) is 1. The number of ether oxygens (including phenoxy) is 1. The fourth-order valence-electron chi connectivity index (χ4n) is 2.96. The molecule has 3 rings (SSSR count). The van der Waals surface area contributed by atoms with Gasteiger partial charge in [-0.3, -0.25) is 9.79 Å². The van der Waals surface area contributed by atoms with Crippen molar-refractivity contribution < 1.29 is 4.74 Å². The fourth-order valence-corrected chi connectivity index (χ4v) is 2.96. The lowest BCUT2D eigenvalue weighted by Crippen LogP contribution is -2.37. The highest BCUT2D eigenvalue weighted by atomic mass is 16.5. The van der Waals surface area contributed by atoms with Crippen LogP contribution in [0.25, 0.3) is 0 Å². The third-order valence-corrected chi connectivity index (χ3v) is 4.27. The number of hydrogen-bond donors (Lipinski definition) is 2. The van der Waals surface area contributed by atoms with E-state index >= 15 is 0 Å². The van der Waals surface area contributed by atoms with E-state index in [1.807, 2.05) is 30.5 Å². The van der Waals surface area contributed by atoms with Crippen LogP contribution in [0.15, 0.2) is 58.4 Å². The molecule has 2 heterocycles. The van der Waals surface area contributed by atoms with Crippen molar-refractivity contribution in [2.24, 2.45) is 10.7 Å². The van der Waals surface area contributed by atoms with Crippen LogP contribution in [0, 0.1) is 0 Å². The summed E-state index contributed by atoms with van der Waals surface area (Å²) in [7, 11) is 0. The maximum atomic E-state index is 11.6. The smallest absolute Gasteiger partial charge is 0.250 e. The lowest BCUT2D eigenvalue weighted by Gasteiger charge is -2.26. The van der Waals surface area contributed by atoms with E-state index in [4.69, 9.17) is 10.5 Å². The molecule has 0 saturated heterocycles. The normalized spacial score (nSPS) is 16.8. The Kier molecular flexibility index (Phi) is 5.72. The lowest BCUT2D eigenvalue weighted by atomic mass is 10.0. The highest BCUT2D eigenvalue weighted by molar-refractivity contribution is 5.78. The summed E-state index contributed by atoms with van der Waals surface area (Å²) in [6.45, 7) is 2.02. The molecule has 0 bridgehead atoms. The van der Waals surface area contributed by atoms with E-state index in [1.165, 1.54) is 0 Å². The number of aliphatic imine (C=N–C) groups is 1. The van der Waals surface area contributed by atoms with Crippen molar-refractivity contribution in [1.29, 1.82) is 0 Å². The summed E-state index contributed by atoms with van der Waals surface area (Å²) in [6, 6.07) is 13.3. The minimum atomic E-state index is 0.0327. The summed E-state index contributed by atoms with van der Waals surface area (Å²) in [5, 5.41) is 3.29. The van der Waals surface area contributed by atoms with Gasteiger partial charge in [0.1, 0.15) is 5.75 Å². The molecule has 1 aliphatic rings. The molecule has 0 amide bonds. The molecule has 1 unspecified atom stereocenters. The average Bonchev–Trinajstić information content (AvgIpc) is 2.63. The van der Waals surface area contributed by atoms with E-state index < -0.39 is 0 Å². The van der Waals surface area contributed by atoms with E-state index in [1.54, 1.807) is 16.7 Å². The second-order valence-corrected chi connectivity index (χ2v) is 6.08. The molecule has 0 fully saturated rings. The van der Waals surface area contributed by atoms with Crippen LogP contribution >= 0.6 is 0 Å². The van der Waals surface area contributed by atoms with Gasteiger partial charge in [0.2, 0.25) is 5.56 Å². The molecule has 0 radical (unpaired) electrons. The molecule has 0 spiro atoms. The Labute approximate surface area is 147 Å². The molecule has 25 heavy (non-hydrogen) atoms. The zero-order valence-corrected chi connectivity index (χ0v) is 14.2. The molecule has 6 nitrogen and oxygen atoms in total. The summed E-state index contributed by atoms with van der Waals surface area (Å²) in [6.07, 6.45) is 4.45. The Morgan fingerprint density at radius 2 is 2.08 bits per heavy atom. The van der Waals surface area contributed by atoms with Crippen LogP contribution < -0.4 is 21.3 Å². The Morgan fingerprint density at radius 3 is 2.96 bits per heavy atom. The number of nitrogens with one attached hydrogen (secondary N) is 1. The molecule has 0 aliphatic carbocycles. The second-order valence-electron chi connectivity index (χ2n) is 6.08. The number of fused-ring (bicyclic) bond motifs is 1. The second kappa shape index (κ2) is 8.37. The van der Waals surface area contributed by atoms with Gasteiger partial charge >= 0.3 is 0 Å². The predicted octanol–water partition coefficient (Wildman–Crippen LogP) is 2.06. The van der Waals surface area contributed by atoms with Crippen LogP contribution in [-0.4, -0.2) is 23.7 Å². The molecular weight excluding hydrogens is 316 g/mol. The molecule has 6 heteroatoms. The SMILES string of the molecule is NC(=NCCCCn1ccccc1=O)NC1CCOc2ccccc21. The first kappa shape index (κ1) is 17.1. The summed E-state index contributed by atoms with van der Waals surface area (Å²) < 4.78 is 7.36. The van der Waals surface area contributed by atoms with Gasteiger partial charge in [0.05, 0.1) is 12.6 Å². The van der Waals surface area contributed by atoms with E-state index in [-0.39, 0.29) is 11.6 Å². The number of guanidine groups is 1. The zero-order valence-electron chi connectivity index (χ0n) is 14.2. The van der Waals surface area contributed by atoms with Crippen LogP contribution in [0.2, 0.25) is 0 Å². The minimum absolute atomic E-state index is 0.0327. The molecule has 1 aromatic carbocycles. The number of aromatic nitrogens is 1. The van der Waals surface area contributed by atoms with Crippen molar-refractivity contribution in [2.45, 2.75) is 31.8 Å². The van der Waals surface area contributed by atoms with Crippen molar-refractivity contribution in [2.75, 3.05) is 13.2 Å². The molecular formula is C19H24N4O2. The van der Waals surface area contributed by atoms with Gasteiger partial charge in [-0.15, -0.1) is 0 Å². The third kappa shape index (κ3) is 4.62. The third-order valence-electron chi connectivity index (χ3n) is 4.27. The number of nitrogens with zero attached hydrogens (tertiary/aromatic N) is 2. The quantitative estimate of drug-likeness (QED) is 0.479. The van der Waals surface area contributed by atoms with Crippen molar-refractivity contribution in [1.82, 2.24) is 9.88 Å². The van der Waals surface area contributed by atoms with Gasteiger partial charge in [0.25, 0.3) is 0 Å². The average molecular weight is 340 g/mol. The lowest BCUT2D eigenvalue weighted by molar-refractivity contribution is 0.262. The maximum Gasteiger partial charge on any atom is 0.250 e. The zero-order chi connectivity index (χ0) is 17.5. The molecule has 132 valence electrons. The predicted molar refractivity (Wildman–Crippen MR) is 98.9 cm³/mol. The summed E-state index contributed by atoms with van der Waals surface area (Å²) in [4.78, 5) is 16.0. The first-order chi connectivity index (χ1) is 12.2. The molecule has 1 atom stereocenters. The number of aryl methyl sites for hydroxylation is 1. The standard InChI is InChI=1S/C19H24N4O2/c20-19(21-11-4-6-13-23-12-5-3-9-18(23)24)22-16-10-14-25-17-8-2-1-7-15(16)17/h1-3,5,7-9,12,16H,4,6,10-11,13-14H2,(H3,20,21,22). The van der Waals surface area contributed by atoms with Gasteiger partial charge in [-0.25, -0.2) is 0 Å². The number of hydrogen-bond acceptors (Lipinski definition) is 3. The molecule has 1 aliphatic heterocycles. The number of rotatable bonds is 6. The Morgan fingerprint density at radius 1 is 1.24 bits per heavy atom. The number of pyridine rings is 1. The number of nitrogens with two attached hydrogens (primary N) is 1. The van der Waals surface area contributed by atoms with Crippen LogP contribution in [0.1, 0.15) is 30.9 Å². The Bertz CT molecular complexity index is 785. The molecule has 0 saturated carbocycles. The van der Waals surface area contributed by atoms with Crippen molar-refractivity contribution in [3.63, 3.8) is 0 Å². The highest BCUT2D eigenvalue weighted by Gasteiger charge is 2.20. The maximum absolute atomic E-state index is 11.6. The fraction of sp³-hybridized carbons (Fsp3) is 0.368. The molecule has 2 aromatic rings. The number of benzene rings is 1. The van der Waals surface area contributed by atoms with Crippen molar-refractivity contribution >= 4 is 5.96 Å². The first-order valence-corrected chi connectivity index (χ1v) is 8.68. The number of para-hydroxylation sites is 1. The minimum Gasteiger partial charge on any atom is -0.493 e. The molecule has 1 aromatic heterocycles. The highest BCUT2D eigenvalue weighted by Crippen LogP contribution is 2.31. The van der Waals surface area contributed by atoms with Gasteiger partial charge in [0.15, 0.2) is 5.96 Å². The van der Waals surface area contributed by atoms with E-state index in [2.05, 4.69) is 16.4 Å². The van der Waals surface area contributed by atoms with E-state index in [0.717, 1.165) is 30.6 Å². The van der Waals surface area contributed by atoms with E-state index in [9.17, 15) is 4.79 Å². The van der Waals surface area contributed by atoms with Gasteiger partial charge in [0, 0.05) is 37.3 Å². The topological polar surface area (TPSA) is 81.6 Å². The Hall–Kier alpha value is -2.76. The van der Waals surface area contributed by atoms with Gasteiger partial charge in [-0.05, 0) is 25.0 Å². The van der Waals surface area contributed by atoms with Crippen LogP contribution in [0.4, 0.5) is 0 Å².